The standard InChI is InChI=1S/C19H10F6N4S/c20-18(21,22)11-4-6-15(27-9-11)28-17-12-5-3-10(8-14(12)30-29-17)16-13(19(23,24)25)2-1-7-26-16/h1-9H,(H,27,28,29). The number of alkyl halides is 6. The zero-order chi connectivity index (χ0) is 21.5. The molecule has 3 aromatic heterocycles. The van der Waals surface area contributed by atoms with E-state index in [2.05, 4.69) is 19.7 Å². The van der Waals surface area contributed by atoms with Crippen molar-refractivity contribution in [3.63, 3.8) is 0 Å². The summed E-state index contributed by atoms with van der Waals surface area (Å²) in [6.45, 7) is 0. The van der Waals surface area contributed by atoms with E-state index in [-0.39, 0.29) is 17.1 Å². The predicted octanol–water partition coefficient (Wildman–Crippen LogP) is 6.53. The van der Waals surface area contributed by atoms with Crippen molar-refractivity contribution in [2.45, 2.75) is 12.4 Å². The van der Waals surface area contributed by atoms with Crippen LogP contribution in [0, 0.1) is 0 Å². The average molecular weight is 440 g/mol. The van der Waals surface area contributed by atoms with E-state index in [1.807, 2.05) is 0 Å². The zero-order valence-corrected chi connectivity index (χ0v) is 15.5. The quantitative estimate of drug-likeness (QED) is 0.368. The third-order valence-electron chi connectivity index (χ3n) is 4.20. The molecule has 0 unspecified atom stereocenters. The molecule has 0 spiro atoms. The van der Waals surface area contributed by atoms with Crippen molar-refractivity contribution in [1.82, 2.24) is 14.3 Å². The Hall–Kier alpha value is -3.21. The number of anilines is 2. The highest BCUT2D eigenvalue weighted by Gasteiger charge is 2.34. The minimum absolute atomic E-state index is 0.156. The van der Waals surface area contributed by atoms with E-state index in [0.29, 0.717) is 22.1 Å². The lowest BCUT2D eigenvalue weighted by Crippen LogP contribution is -2.08. The first kappa shape index (κ1) is 20.1. The van der Waals surface area contributed by atoms with E-state index in [1.165, 1.54) is 30.5 Å². The first-order chi connectivity index (χ1) is 14.1. The maximum absolute atomic E-state index is 13.3. The SMILES string of the molecule is FC(F)(F)c1ccc(Nc2nsc3cc(-c4ncccc4C(F)(F)F)ccc23)nc1. The summed E-state index contributed by atoms with van der Waals surface area (Å²) >= 11 is 1.03. The monoisotopic (exact) mass is 440 g/mol. The van der Waals surface area contributed by atoms with E-state index in [4.69, 9.17) is 0 Å². The molecule has 30 heavy (non-hydrogen) atoms. The molecule has 1 N–H and O–H groups in total. The maximum atomic E-state index is 13.3. The number of rotatable bonds is 3. The summed E-state index contributed by atoms with van der Waals surface area (Å²) in [4.78, 5) is 7.60. The van der Waals surface area contributed by atoms with E-state index in [9.17, 15) is 26.3 Å². The third-order valence-corrected chi connectivity index (χ3v) is 5.00. The van der Waals surface area contributed by atoms with Crippen LogP contribution in [0.5, 0.6) is 0 Å². The summed E-state index contributed by atoms with van der Waals surface area (Å²) in [5.41, 5.74) is -1.64. The first-order valence-corrected chi connectivity index (χ1v) is 9.12. The molecule has 0 atom stereocenters. The second-order valence-electron chi connectivity index (χ2n) is 6.19. The predicted molar refractivity (Wildman–Crippen MR) is 100 cm³/mol. The van der Waals surface area contributed by atoms with Crippen molar-refractivity contribution in [3.8, 4) is 11.3 Å². The van der Waals surface area contributed by atoms with Crippen LogP contribution in [0.4, 0.5) is 38.0 Å². The van der Waals surface area contributed by atoms with Crippen molar-refractivity contribution < 1.29 is 26.3 Å². The van der Waals surface area contributed by atoms with Gasteiger partial charge in [-0.25, -0.2) is 4.98 Å². The molecule has 0 aliphatic carbocycles. The number of fused-ring (bicyclic) bond motifs is 1. The highest BCUT2D eigenvalue weighted by molar-refractivity contribution is 7.13. The number of benzene rings is 1. The van der Waals surface area contributed by atoms with Crippen LogP contribution in [0.15, 0.2) is 54.9 Å². The van der Waals surface area contributed by atoms with Crippen LogP contribution in [0.2, 0.25) is 0 Å². The number of halogens is 6. The van der Waals surface area contributed by atoms with Gasteiger partial charge in [0, 0.05) is 23.3 Å². The molecule has 4 rings (SSSR count). The summed E-state index contributed by atoms with van der Waals surface area (Å²) in [6.07, 6.45) is -7.05. The largest absolute Gasteiger partial charge is 0.418 e. The molecule has 0 saturated carbocycles. The average Bonchev–Trinajstić information content (AvgIpc) is 3.09. The van der Waals surface area contributed by atoms with Crippen LogP contribution in [-0.4, -0.2) is 14.3 Å². The van der Waals surface area contributed by atoms with Crippen LogP contribution in [0.1, 0.15) is 11.1 Å². The Bertz CT molecular complexity index is 1200. The Labute approximate surface area is 169 Å². The van der Waals surface area contributed by atoms with Gasteiger partial charge in [0.05, 0.1) is 21.5 Å². The number of aromatic nitrogens is 3. The molecular formula is C19H10F6N4S. The topological polar surface area (TPSA) is 50.7 Å². The highest BCUT2D eigenvalue weighted by Crippen LogP contribution is 2.38. The molecule has 4 aromatic rings. The zero-order valence-electron chi connectivity index (χ0n) is 14.7. The molecule has 0 amide bonds. The van der Waals surface area contributed by atoms with Gasteiger partial charge in [-0.3, -0.25) is 4.98 Å². The lowest BCUT2D eigenvalue weighted by Gasteiger charge is -2.11. The van der Waals surface area contributed by atoms with E-state index < -0.39 is 23.5 Å². The van der Waals surface area contributed by atoms with Crippen molar-refractivity contribution in [2.75, 3.05) is 5.32 Å². The van der Waals surface area contributed by atoms with Gasteiger partial charge < -0.3 is 5.32 Å². The summed E-state index contributed by atoms with van der Waals surface area (Å²) in [5, 5.41) is 3.42. The molecule has 0 saturated heterocycles. The molecule has 4 nitrogen and oxygen atoms in total. The van der Waals surface area contributed by atoms with Crippen LogP contribution in [-0.2, 0) is 12.4 Å². The minimum atomic E-state index is -4.55. The maximum Gasteiger partial charge on any atom is 0.418 e. The number of pyridine rings is 2. The lowest BCUT2D eigenvalue weighted by molar-refractivity contribution is -0.138. The van der Waals surface area contributed by atoms with Gasteiger partial charge in [-0.05, 0) is 47.9 Å². The van der Waals surface area contributed by atoms with E-state index >= 15 is 0 Å². The number of nitrogens with zero attached hydrogens (tertiary/aromatic N) is 3. The van der Waals surface area contributed by atoms with E-state index in [0.717, 1.165) is 23.7 Å². The molecule has 0 aliphatic heterocycles. The Kier molecular flexibility index (Phi) is 4.85. The Balaban J connectivity index is 1.66. The fourth-order valence-electron chi connectivity index (χ4n) is 2.80. The van der Waals surface area contributed by atoms with E-state index in [1.54, 1.807) is 6.07 Å². The molecule has 3 heterocycles. The van der Waals surface area contributed by atoms with Gasteiger partial charge in [-0.2, -0.15) is 30.7 Å². The fraction of sp³-hybridized carbons (Fsp3) is 0.105. The van der Waals surface area contributed by atoms with Crippen molar-refractivity contribution in [2.24, 2.45) is 0 Å². The second kappa shape index (κ2) is 7.24. The molecule has 0 fully saturated rings. The summed E-state index contributed by atoms with van der Waals surface area (Å²) < 4.78 is 82.5. The van der Waals surface area contributed by atoms with Gasteiger partial charge >= 0.3 is 12.4 Å². The van der Waals surface area contributed by atoms with Gasteiger partial charge in [0.1, 0.15) is 5.82 Å². The van der Waals surface area contributed by atoms with Crippen molar-refractivity contribution in [1.29, 1.82) is 0 Å². The van der Waals surface area contributed by atoms with Gasteiger partial charge in [-0.15, -0.1) is 0 Å². The molecule has 154 valence electrons. The molecular weight excluding hydrogens is 430 g/mol. The first-order valence-electron chi connectivity index (χ1n) is 8.35. The van der Waals surface area contributed by atoms with Gasteiger partial charge in [0.2, 0.25) is 0 Å². The second-order valence-corrected chi connectivity index (χ2v) is 7.00. The molecule has 0 radical (unpaired) electrons. The summed E-state index contributed by atoms with van der Waals surface area (Å²) in [6, 6.07) is 8.84. The Morgan fingerprint density at radius 2 is 1.67 bits per heavy atom. The number of nitrogens with one attached hydrogen (secondary N) is 1. The smallest absolute Gasteiger partial charge is 0.324 e. The normalized spacial score (nSPS) is 12.3. The molecule has 0 aliphatic rings. The van der Waals surface area contributed by atoms with Crippen LogP contribution >= 0.6 is 11.5 Å². The van der Waals surface area contributed by atoms with Gasteiger partial charge in [0.15, 0.2) is 5.82 Å². The molecule has 0 bridgehead atoms. The highest BCUT2D eigenvalue weighted by atomic mass is 32.1. The van der Waals surface area contributed by atoms with Gasteiger partial charge in [-0.1, -0.05) is 6.07 Å². The van der Waals surface area contributed by atoms with Crippen molar-refractivity contribution >= 4 is 33.3 Å². The van der Waals surface area contributed by atoms with Crippen LogP contribution in [0.3, 0.4) is 0 Å². The summed E-state index contributed by atoms with van der Waals surface area (Å²) in [5.74, 6) is 0.495. The Morgan fingerprint density at radius 1 is 0.867 bits per heavy atom. The molecule has 11 heteroatoms. The number of hydrogen-bond acceptors (Lipinski definition) is 5. The molecule has 1 aromatic carbocycles. The number of hydrogen-bond donors (Lipinski definition) is 1. The Morgan fingerprint density at radius 3 is 2.33 bits per heavy atom. The van der Waals surface area contributed by atoms with Crippen molar-refractivity contribution in [3.05, 3.63) is 66.0 Å². The van der Waals surface area contributed by atoms with Crippen LogP contribution < -0.4 is 5.32 Å². The third kappa shape index (κ3) is 3.92. The minimum Gasteiger partial charge on any atom is -0.324 e. The fourth-order valence-corrected chi connectivity index (χ4v) is 3.57. The van der Waals surface area contributed by atoms with Crippen LogP contribution in [0.25, 0.3) is 21.3 Å². The summed E-state index contributed by atoms with van der Waals surface area (Å²) in [7, 11) is 0. The van der Waals surface area contributed by atoms with Gasteiger partial charge in [0.25, 0.3) is 0 Å². The lowest BCUT2D eigenvalue weighted by atomic mass is 10.0.